The molecule has 0 spiro atoms. The molecule has 1 saturated heterocycles. The number of carbonyl (C=O) groups is 2. The highest BCUT2D eigenvalue weighted by Crippen LogP contribution is 2.37. The lowest BCUT2D eigenvalue weighted by Gasteiger charge is -2.13. The van der Waals surface area contributed by atoms with Gasteiger partial charge in [-0.05, 0) is 47.2 Å². The first-order chi connectivity index (χ1) is 12.1. The van der Waals surface area contributed by atoms with Crippen LogP contribution in [0.4, 0.5) is 4.79 Å². The minimum atomic E-state index is -0.289. The van der Waals surface area contributed by atoms with E-state index >= 15 is 0 Å². The van der Waals surface area contributed by atoms with Crippen molar-refractivity contribution < 1.29 is 19.1 Å². The van der Waals surface area contributed by atoms with Crippen molar-refractivity contribution in [2.24, 2.45) is 0 Å². The molecule has 0 atom stereocenters. The summed E-state index contributed by atoms with van der Waals surface area (Å²) in [6.45, 7) is 0.436. The molecular weight excluding hydrogens is 406 g/mol. The van der Waals surface area contributed by atoms with Gasteiger partial charge in [0, 0.05) is 4.47 Å². The number of benzene rings is 2. The SMILES string of the molecule is O=C1SC(=Cc2ccc3c(c2)OCO3)C(=O)N1Cc1ccccc1Br. The summed E-state index contributed by atoms with van der Waals surface area (Å²) in [4.78, 5) is 26.5. The Morgan fingerprint density at radius 2 is 1.92 bits per heavy atom. The molecule has 0 aliphatic carbocycles. The minimum Gasteiger partial charge on any atom is -0.454 e. The predicted molar refractivity (Wildman–Crippen MR) is 98.2 cm³/mol. The number of nitrogens with zero attached hydrogens (tertiary/aromatic N) is 1. The monoisotopic (exact) mass is 417 g/mol. The van der Waals surface area contributed by atoms with Crippen LogP contribution in [0.1, 0.15) is 11.1 Å². The number of imide groups is 1. The molecule has 0 bridgehead atoms. The van der Waals surface area contributed by atoms with Crippen LogP contribution in [0.15, 0.2) is 51.8 Å². The summed E-state index contributed by atoms with van der Waals surface area (Å²) in [5.74, 6) is 1.03. The van der Waals surface area contributed by atoms with Gasteiger partial charge in [0.15, 0.2) is 11.5 Å². The zero-order valence-corrected chi connectivity index (χ0v) is 15.3. The lowest BCUT2D eigenvalue weighted by atomic mass is 10.2. The molecule has 0 saturated carbocycles. The first-order valence-corrected chi connectivity index (χ1v) is 9.11. The Morgan fingerprint density at radius 3 is 2.76 bits per heavy atom. The van der Waals surface area contributed by atoms with E-state index < -0.39 is 0 Å². The second kappa shape index (κ2) is 6.57. The van der Waals surface area contributed by atoms with Crippen molar-refractivity contribution in [1.82, 2.24) is 4.90 Å². The van der Waals surface area contributed by atoms with Crippen LogP contribution in [0.3, 0.4) is 0 Å². The summed E-state index contributed by atoms with van der Waals surface area (Å²) >= 11 is 4.39. The van der Waals surface area contributed by atoms with Crippen molar-refractivity contribution in [1.29, 1.82) is 0 Å². The number of rotatable bonds is 3. The number of fused-ring (bicyclic) bond motifs is 1. The Bertz CT molecular complexity index is 912. The van der Waals surface area contributed by atoms with Crippen molar-refractivity contribution in [3.05, 3.63) is 63.0 Å². The third-order valence-corrected chi connectivity index (χ3v) is 5.54. The van der Waals surface area contributed by atoms with Crippen LogP contribution in [0, 0.1) is 0 Å². The van der Waals surface area contributed by atoms with Crippen LogP contribution in [0.2, 0.25) is 0 Å². The molecule has 0 radical (unpaired) electrons. The van der Waals surface area contributed by atoms with Crippen LogP contribution < -0.4 is 9.47 Å². The molecule has 2 aliphatic rings. The fourth-order valence-corrected chi connectivity index (χ4v) is 3.84. The van der Waals surface area contributed by atoms with E-state index in [1.54, 1.807) is 18.2 Å². The number of carbonyl (C=O) groups excluding carboxylic acids is 2. The summed E-state index contributed by atoms with van der Waals surface area (Å²) in [6.07, 6.45) is 1.70. The normalized spacial score (nSPS) is 17.6. The number of hydrogen-bond acceptors (Lipinski definition) is 5. The maximum absolute atomic E-state index is 12.6. The quantitative estimate of drug-likeness (QED) is 0.692. The molecule has 1 fully saturated rings. The summed E-state index contributed by atoms with van der Waals surface area (Å²) in [5.41, 5.74) is 1.67. The number of amides is 2. The molecule has 7 heteroatoms. The van der Waals surface area contributed by atoms with Gasteiger partial charge in [-0.3, -0.25) is 14.5 Å². The van der Waals surface area contributed by atoms with Gasteiger partial charge >= 0.3 is 0 Å². The van der Waals surface area contributed by atoms with Crippen LogP contribution in [0.25, 0.3) is 6.08 Å². The zero-order valence-electron chi connectivity index (χ0n) is 12.9. The molecular formula is C18H12BrNO4S. The van der Waals surface area contributed by atoms with Gasteiger partial charge in [-0.2, -0.15) is 0 Å². The van der Waals surface area contributed by atoms with Gasteiger partial charge in [-0.1, -0.05) is 40.2 Å². The first-order valence-electron chi connectivity index (χ1n) is 7.50. The van der Waals surface area contributed by atoms with E-state index in [1.807, 2.05) is 30.3 Å². The Balaban J connectivity index is 1.57. The molecule has 0 unspecified atom stereocenters. The third-order valence-electron chi connectivity index (χ3n) is 3.85. The fourth-order valence-electron chi connectivity index (χ4n) is 2.59. The Hall–Kier alpha value is -2.25. The zero-order chi connectivity index (χ0) is 17.4. The summed E-state index contributed by atoms with van der Waals surface area (Å²) < 4.78 is 11.5. The second-order valence-electron chi connectivity index (χ2n) is 5.47. The molecule has 2 aromatic rings. The van der Waals surface area contributed by atoms with Gasteiger partial charge in [0.25, 0.3) is 11.1 Å². The summed E-state index contributed by atoms with van der Waals surface area (Å²) in [5, 5.41) is -0.271. The molecule has 2 heterocycles. The van der Waals surface area contributed by atoms with Gasteiger partial charge < -0.3 is 9.47 Å². The van der Waals surface area contributed by atoms with E-state index in [9.17, 15) is 9.59 Å². The van der Waals surface area contributed by atoms with Crippen molar-refractivity contribution >= 4 is 44.9 Å². The lowest BCUT2D eigenvalue weighted by molar-refractivity contribution is -0.123. The van der Waals surface area contributed by atoms with Gasteiger partial charge in [0.05, 0.1) is 11.4 Å². The predicted octanol–water partition coefficient (Wildman–Crippen LogP) is 4.41. The molecule has 4 rings (SSSR count). The molecule has 2 amide bonds. The number of halogens is 1. The second-order valence-corrected chi connectivity index (χ2v) is 7.32. The topological polar surface area (TPSA) is 55.8 Å². The van der Waals surface area contributed by atoms with Crippen molar-refractivity contribution in [2.75, 3.05) is 6.79 Å². The van der Waals surface area contributed by atoms with E-state index in [0.717, 1.165) is 27.4 Å². The van der Waals surface area contributed by atoms with Gasteiger partial charge in [-0.25, -0.2) is 0 Å². The average molecular weight is 418 g/mol. The number of ether oxygens (including phenoxy) is 2. The molecule has 0 N–H and O–H groups in total. The van der Waals surface area contributed by atoms with Crippen molar-refractivity contribution in [3.63, 3.8) is 0 Å². The van der Waals surface area contributed by atoms with Crippen LogP contribution in [-0.2, 0) is 11.3 Å². The highest BCUT2D eigenvalue weighted by atomic mass is 79.9. The van der Waals surface area contributed by atoms with Gasteiger partial charge in [-0.15, -0.1) is 0 Å². The Morgan fingerprint density at radius 1 is 1.12 bits per heavy atom. The highest BCUT2D eigenvalue weighted by Gasteiger charge is 2.35. The number of thioether (sulfide) groups is 1. The van der Waals surface area contributed by atoms with E-state index in [-0.39, 0.29) is 24.5 Å². The van der Waals surface area contributed by atoms with E-state index in [0.29, 0.717) is 16.4 Å². The number of hydrogen-bond donors (Lipinski definition) is 0. The highest BCUT2D eigenvalue weighted by molar-refractivity contribution is 9.10. The molecule has 5 nitrogen and oxygen atoms in total. The molecule has 2 aliphatic heterocycles. The molecule has 25 heavy (non-hydrogen) atoms. The standard InChI is InChI=1S/C18H12BrNO4S/c19-13-4-2-1-3-12(13)9-20-17(21)16(25-18(20)22)8-11-5-6-14-15(7-11)24-10-23-14/h1-8H,9-10H2. The first kappa shape index (κ1) is 16.2. The van der Waals surface area contributed by atoms with Crippen LogP contribution >= 0.6 is 27.7 Å². The van der Waals surface area contributed by atoms with Crippen LogP contribution in [0.5, 0.6) is 11.5 Å². The van der Waals surface area contributed by atoms with E-state index in [1.165, 1.54) is 4.90 Å². The maximum Gasteiger partial charge on any atom is 0.293 e. The lowest BCUT2D eigenvalue weighted by Crippen LogP contribution is -2.27. The third kappa shape index (κ3) is 3.17. The summed E-state index contributed by atoms with van der Waals surface area (Å²) in [6, 6.07) is 13.0. The maximum atomic E-state index is 12.6. The molecule has 0 aromatic heterocycles. The van der Waals surface area contributed by atoms with E-state index in [2.05, 4.69) is 15.9 Å². The Labute approximate surface area is 156 Å². The van der Waals surface area contributed by atoms with Gasteiger partial charge in [0.2, 0.25) is 6.79 Å². The van der Waals surface area contributed by atoms with Crippen molar-refractivity contribution in [3.8, 4) is 11.5 Å². The van der Waals surface area contributed by atoms with Crippen molar-refractivity contribution in [2.45, 2.75) is 6.54 Å². The largest absolute Gasteiger partial charge is 0.454 e. The molecule has 2 aromatic carbocycles. The Kier molecular flexibility index (Phi) is 4.27. The average Bonchev–Trinajstić information content (AvgIpc) is 3.16. The van der Waals surface area contributed by atoms with E-state index in [4.69, 9.17) is 9.47 Å². The summed E-state index contributed by atoms with van der Waals surface area (Å²) in [7, 11) is 0. The molecule has 126 valence electrons. The minimum absolute atomic E-state index is 0.196. The smallest absolute Gasteiger partial charge is 0.293 e. The van der Waals surface area contributed by atoms with Gasteiger partial charge in [0.1, 0.15) is 0 Å². The van der Waals surface area contributed by atoms with Crippen LogP contribution in [-0.4, -0.2) is 22.8 Å². The fraction of sp³-hybridized carbons (Fsp3) is 0.111.